The van der Waals surface area contributed by atoms with Crippen LogP contribution in [0.2, 0.25) is 0 Å². The fourth-order valence-corrected chi connectivity index (χ4v) is 3.03. The molecule has 0 aliphatic carbocycles. The Hall–Kier alpha value is -4.27. The summed E-state index contributed by atoms with van der Waals surface area (Å²) in [6, 6.07) is 10.7. The number of anilines is 2. The average molecular weight is 418 g/mol. The number of benzene rings is 2. The number of hydrogen-bond acceptors (Lipinski definition) is 4. The molecule has 9 heteroatoms. The number of aryl methyl sites for hydroxylation is 1. The highest BCUT2D eigenvalue weighted by Crippen LogP contribution is 2.18. The molecule has 2 aromatic carbocycles. The molecular formula is C22H19FN6O2. The number of amides is 3. The van der Waals surface area contributed by atoms with E-state index in [9.17, 15) is 14.0 Å². The van der Waals surface area contributed by atoms with Crippen molar-refractivity contribution in [1.29, 1.82) is 0 Å². The average Bonchev–Trinajstić information content (AvgIpc) is 3.18. The summed E-state index contributed by atoms with van der Waals surface area (Å²) in [6.07, 6.45) is 6.31. The molecule has 156 valence electrons. The highest BCUT2D eigenvalue weighted by atomic mass is 19.1. The predicted molar refractivity (Wildman–Crippen MR) is 114 cm³/mol. The molecule has 0 atom stereocenters. The highest BCUT2D eigenvalue weighted by molar-refractivity contribution is 6.04. The summed E-state index contributed by atoms with van der Waals surface area (Å²) in [6.45, 7) is 2.10. The van der Waals surface area contributed by atoms with Gasteiger partial charge in [-0.15, -0.1) is 0 Å². The molecule has 2 heterocycles. The maximum atomic E-state index is 13.2. The Kier molecular flexibility index (Phi) is 5.57. The number of hydrogen-bond donors (Lipinski definition) is 3. The van der Waals surface area contributed by atoms with E-state index in [0.717, 1.165) is 11.1 Å². The minimum atomic E-state index is -0.462. The predicted octanol–water partition coefficient (Wildman–Crippen LogP) is 3.75. The minimum absolute atomic E-state index is 0.228. The second-order valence-corrected chi connectivity index (χ2v) is 6.87. The molecule has 0 unspecified atom stereocenters. The third-order valence-electron chi connectivity index (χ3n) is 4.64. The molecule has 4 aromatic rings. The normalized spacial score (nSPS) is 10.6. The Bertz CT molecular complexity index is 1270. The third-order valence-corrected chi connectivity index (χ3v) is 4.64. The van der Waals surface area contributed by atoms with Gasteiger partial charge in [-0.3, -0.25) is 14.2 Å². The molecule has 2 aromatic heterocycles. The van der Waals surface area contributed by atoms with Crippen LogP contribution in [0.1, 0.15) is 21.6 Å². The van der Waals surface area contributed by atoms with E-state index in [1.54, 1.807) is 35.1 Å². The molecule has 0 saturated heterocycles. The van der Waals surface area contributed by atoms with E-state index in [-0.39, 0.29) is 12.5 Å². The van der Waals surface area contributed by atoms with E-state index in [0.29, 0.717) is 22.7 Å². The first kappa shape index (κ1) is 20.0. The van der Waals surface area contributed by atoms with Crippen LogP contribution in [0.15, 0.2) is 67.3 Å². The zero-order valence-electron chi connectivity index (χ0n) is 16.6. The van der Waals surface area contributed by atoms with Crippen molar-refractivity contribution in [2.45, 2.75) is 13.5 Å². The van der Waals surface area contributed by atoms with Crippen molar-refractivity contribution < 1.29 is 14.0 Å². The number of nitrogens with one attached hydrogen (secondary N) is 3. The van der Waals surface area contributed by atoms with Crippen molar-refractivity contribution in [2.24, 2.45) is 0 Å². The number of halogens is 1. The van der Waals surface area contributed by atoms with E-state index < -0.39 is 11.8 Å². The van der Waals surface area contributed by atoms with Gasteiger partial charge in [0.15, 0.2) is 5.65 Å². The van der Waals surface area contributed by atoms with E-state index in [1.807, 2.05) is 19.1 Å². The van der Waals surface area contributed by atoms with Crippen molar-refractivity contribution in [3.8, 4) is 0 Å². The molecule has 0 bridgehead atoms. The monoisotopic (exact) mass is 418 g/mol. The zero-order valence-corrected chi connectivity index (χ0v) is 16.6. The lowest BCUT2D eigenvalue weighted by atomic mass is 10.1. The van der Waals surface area contributed by atoms with Gasteiger partial charge in [0.05, 0.1) is 12.4 Å². The van der Waals surface area contributed by atoms with Gasteiger partial charge in [0.1, 0.15) is 11.5 Å². The second kappa shape index (κ2) is 8.62. The summed E-state index contributed by atoms with van der Waals surface area (Å²) in [4.78, 5) is 33.0. The summed E-state index contributed by atoms with van der Waals surface area (Å²) in [7, 11) is 0. The third kappa shape index (κ3) is 4.67. The van der Waals surface area contributed by atoms with Crippen molar-refractivity contribution in [2.75, 3.05) is 10.6 Å². The minimum Gasteiger partial charge on any atom is -0.334 e. The lowest BCUT2D eigenvalue weighted by Gasteiger charge is -2.12. The topological polar surface area (TPSA) is 100 Å². The number of rotatable bonds is 5. The molecule has 0 fully saturated rings. The SMILES string of the molecule is Cc1ccc(CNC(=O)Nc2cccc(F)c2)cc1NC(=O)c1cnc2cnccn12. The van der Waals surface area contributed by atoms with Crippen LogP contribution in [-0.4, -0.2) is 26.3 Å². The van der Waals surface area contributed by atoms with Crippen molar-refractivity contribution in [3.05, 3.63) is 89.9 Å². The molecule has 0 saturated carbocycles. The molecule has 3 N–H and O–H groups in total. The Morgan fingerprint density at radius 3 is 2.81 bits per heavy atom. The number of urea groups is 1. The molecule has 3 amide bonds. The molecule has 8 nitrogen and oxygen atoms in total. The number of imidazole rings is 1. The van der Waals surface area contributed by atoms with E-state index >= 15 is 0 Å². The molecular weight excluding hydrogens is 399 g/mol. The summed E-state index contributed by atoms with van der Waals surface area (Å²) >= 11 is 0. The van der Waals surface area contributed by atoms with Crippen LogP contribution in [0, 0.1) is 12.7 Å². The number of nitrogens with zero attached hydrogens (tertiary/aromatic N) is 3. The largest absolute Gasteiger partial charge is 0.334 e. The standard InChI is InChI=1S/C22H19FN6O2/c1-14-5-6-15(11-26-22(31)27-17-4-2-3-16(23)10-17)9-18(14)28-21(30)19-12-25-20-13-24-7-8-29(19)20/h2-10,12-13H,11H2,1H3,(H,28,30)(H2,26,27,31). The summed E-state index contributed by atoms with van der Waals surface area (Å²) in [5.74, 6) is -0.741. The van der Waals surface area contributed by atoms with Crippen LogP contribution in [0.25, 0.3) is 5.65 Å². The van der Waals surface area contributed by atoms with Crippen LogP contribution in [0.4, 0.5) is 20.6 Å². The maximum absolute atomic E-state index is 13.2. The van der Waals surface area contributed by atoms with Crippen molar-refractivity contribution in [1.82, 2.24) is 19.7 Å². The number of fused-ring (bicyclic) bond motifs is 1. The van der Waals surface area contributed by atoms with Crippen LogP contribution in [0.3, 0.4) is 0 Å². The van der Waals surface area contributed by atoms with Gasteiger partial charge in [-0.2, -0.15) is 0 Å². The van der Waals surface area contributed by atoms with Crippen molar-refractivity contribution >= 4 is 29.0 Å². The highest BCUT2D eigenvalue weighted by Gasteiger charge is 2.14. The Morgan fingerprint density at radius 2 is 1.97 bits per heavy atom. The maximum Gasteiger partial charge on any atom is 0.319 e. The molecule has 4 rings (SSSR count). The molecule has 0 spiro atoms. The van der Waals surface area contributed by atoms with Gasteiger partial charge in [0.2, 0.25) is 0 Å². The molecule has 0 aliphatic heterocycles. The van der Waals surface area contributed by atoms with Gasteiger partial charge in [0, 0.05) is 30.3 Å². The first-order valence-corrected chi connectivity index (χ1v) is 9.48. The van der Waals surface area contributed by atoms with Crippen LogP contribution in [0.5, 0.6) is 0 Å². The molecule has 31 heavy (non-hydrogen) atoms. The summed E-state index contributed by atoms with van der Waals surface area (Å²) < 4.78 is 14.9. The summed E-state index contributed by atoms with van der Waals surface area (Å²) in [5.41, 5.74) is 3.60. The van der Waals surface area contributed by atoms with Gasteiger partial charge >= 0.3 is 6.03 Å². The lowest BCUT2D eigenvalue weighted by molar-refractivity contribution is 0.102. The van der Waals surface area contributed by atoms with E-state index in [2.05, 4.69) is 25.9 Å². The lowest BCUT2D eigenvalue weighted by Crippen LogP contribution is -2.28. The zero-order chi connectivity index (χ0) is 21.8. The van der Waals surface area contributed by atoms with Gasteiger partial charge in [-0.25, -0.2) is 14.2 Å². The quantitative estimate of drug-likeness (QED) is 0.460. The van der Waals surface area contributed by atoms with Crippen LogP contribution >= 0.6 is 0 Å². The Balaban J connectivity index is 1.42. The van der Waals surface area contributed by atoms with Crippen LogP contribution < -0.4 is 16.0 Å². The van der Waals surface area contributed by atoms with E-state index in [4.69, 9.17) is 0 Å². The number of aromatic nitrogens is 3. The fourth-order valence-electron chi connectivity index (χ4n) is 3.03. The number of carbonyl (C=O) groups is 2. The molecule has 0 aliphatic rings. The van der Waals surface area contributed by atoms with Crippen molar-refractivity contribution in [3.63, 3.8) is 0 Å². The van der Waals surface area contributed by atoms with Gasteiger partial charge in [0.25, 0.3) is 5.91 Å². The Morgan fingerprint density at radius 1 is 1.10 bits per heavy atom. The first-order valence-electron chi connectivity index (χ1n) is 9.48. The van der Waals surface area contributed by atoms with Gasteiger partial charge < -0.3 is 16.0 Å². The number of carbonyl (C=O) groups excluding carboxylic acids is 2. The second-order valence-electron chi connectivity index (χ2n) is 6.87. The molecule has 0 radical (unpaired) electrons. The van der Waals surface area contributed by atoms with Gasteiger partial charge in [-0.1, -0.05) is 18.2 Å². The van der Waals surface area contributed by atoms with Crippen LogP contribution in [-0.2, 0) is 6.54 Å². The van der Waals surface area contributed by atoms with Gasteiger partial charge in [-0.05, 0) is 42.3 Å². The first-order chi connectivity index (χ1) is 15.0. The summed E-state index contributed by atoms with van der Waals surface area (Å²) in [5, 5.41) is 8.17. The fraction of sp³-hybridized carbons (Fsp3) is 0.0909. The Labute approximate surface area is 177 Å². The smallest absolute Gasteiger partial charge is 0.319 e. The van der Waals surface area contributed by atoms with E-state index in [1.165, 1.54) is 24.4 Å².